The van der Waals surface area contributed by atoms with E-state index < -0.39 is 5.25 Å². The van der Waals surface area contributed by atoms with Gasteiger partial charge in [-0.1, -0.05) is 36.0 Å². The molecule has 3 aromatic rings. The lowest BCUT2D eigenvalue weighted by Gasteiger charge is -2.32. The lowest BCUT2D eigenvalue weighted by atomic mass is 10.1. The molecule has 1 N–H and O–H groups in total. The number of hydrogen-bond acceptors (Lipinski definition) is 6. The van der Waals surface area contributed by atoms with Crippen molar-refractivity contribution in [2.45, 2.75) is 18.2 Å². The molecule has 2 heterocycles. The second-order valence-electron chi connectivity index (χ2n) is 7.70. The number of thioether (sulfide) groups is 1. The molecule has 5 rings (SSSR count). The van der Waals surface area contributed by atoms with Crippen molar-refractivity contribution in [2.24, 2.45) is 4.99 Å². The zero-order valence-corrected chi connectivity index (χ0v) is 18.8. The van der Waals surface area contributed by atoms with Gasteiger partial charge in [0.25, 0.3) is 0 Å². The number of amides is 2. The van der Waals surface area contributed by atoms with Crippen molar-refractivity contribution in [3.8, 4) is 11.5 Å². The van der Waals surface area contributed by atoms with Gasteiger partial charge in [-0.2, -0.15) is 0 Å². The van der Waals surface area contributed by atoms with Crippen LogP contribution < -0.4 is 14.8 Å². The van der Waals surface area contributed by atoms with Crippen molar-refractivity contribution in [3.05, 3.63) is 84.2 Å². The van der Waals surface area contributed by atoms with Crippen LogP contribution in [0.15, 0.2) is 77.8 Å². The molecule has 0 bridgehead atoms. The maximum Gasteiger partial charge on any atom is 0.238 e. The van der Waals surface area contributed by atoms with Gasteiger partial charge in [-0.15, -0.1) is 0 Å². The van der Waals surface area contributed by atoms with Gasteiger partial charge in [-0.05, 0) is 54.1 Å². The summed E-state index contributed by atoms with van der Waals surface area (Å²) in [5.74, 6) is 0.380. The Labute approximate surface area is 199 Å². The second kappa shape index (κ2) is 9.56. The van der Waals surface area contributed by atoms with E-state index in [0.717, 1.165) is 5.56 Å². The van der Waals surface area contributed by atoms with Crippen LogP contribution in [0.1, 0.15) is 12.0 Å². The maximum atomic E-state index is 13.4. The molecule has 3 aromatic carbocycles. The summed E-state index contributed by atoms with van der Waals surface area (Å²) >= 11 is 1.21. The Bertz CT molecular complexity index is 1250. The van der Waals surface area contributed by atoms with Crippen LogP contribution >= 0.6 is 11.8 Å². The smallest absolute Gasteiger partial charge is 0.238 e. The SMILES string of the molecule is O=C(Nc1ccccc1)[C@H]1CC(=O)N(Cc2ccc3c(c2)OCO3)C(=Nc2ccc(F)cc2)S1. The highest BCUT2D eigenvalue weighted by molar-refractivity contribution is 8.15. The fraction of sp³-hybridized carbons (Fsp3) is 0.160. The van der Waals surface area contributed by atoms with Crippen molar-refractivity contribution >= 4 is 40.1 Å². The van der Waals surface area contributed by atoms with Crippen LogP contribution in [0.5, 0.6) is 11.5 Å². The molecule has 9 heteroatoms. The maximum absolute atomic E-state index is 13.4. The highest BCUT2D eigenvalue weighted by Crippen LogP contribution is 2.35. The van der Waals surface area contributed by atoms with Crippen LogP contribution in [0.3, 0.4) is 0 Å². The van der Waals surface area contributed by atoms with Gasteiger partial charge in [-0.3, -0.25) is 14.5 Å². The summed E-state index contributed by atoms with van der Waals surface area (Å²) in [4.78, 5) is 32.2. The Morgan fingerprint density at radius 1 is 1.06 bits per heavy atom. The molecule has 0 aliphatic carbocycles. The standard InChI is InChI=1S/C25H20FN3O4S/c26-17-7-9-19(10-8-17)28-25-29(14-16-6-11-20-21(12-16)33-15-32-20)23(30)13-22(34-25)24(31)27-18-4-2-1-3-5-18/h1-12,22H,13-15H2,(H,27,31)/t22-/m1/s1. The molecule has 1 fully saturated rings. The highest BCUT2D eigenvalue weighted by atomic mass is 32.2. The lowest BCUT2D eigenvalue weighted by Crippen LogP contribution is -2.44. The van der Waals surface area contributed by atoms with Gasteiger partial charge in [0.1, 0.15) is 11.1 Å². The summed E-state index contributed by atoms with van der Waals surface area (Å²) in [5, 5.41) is 2.57. The minimum atomic E-state index is -0.653. The quantitative estimate of drug-likeness (QED) is 0.576. The van der Waals surface area contributed by atoms with E-state index in [-0.39, 0.29) is 37.4 Å². The number of carbonyl (C=O) groups excluding carboxylic acids is 2. The first-order valence-corrected chi connectivity index (χ1v) is 11.5. The van der Waals surface area contributed by atoms with E-state index in [4.69, 9.17) is 9.47 Å². The number of anilines is 1. The molecule has 0 spiro atoms. The van der Waals surface area contributed by atoms with E-state index in [2.05, 4.69) is 10.3 Å². The number of amidine groups is 1. The van der Waals surface area contributed by atoms with Crippen molar-refractivity contribution in [2.75, 3.05) is 12.1 Å². The van der Waals surface area contributed by atoms with E-state index in [9.17, 15) is 14.0 Å². The molecule has 2 amide bonds. The average Bonchev–Trinajstić information content (AvgIpc) is 3.31. The van der Waals surface area contributed by atoms with Crippen LogP contribution in [0, 0.1) is 5.82 Å². The summed E-state index contributed by atoms with van der Waals surface area (Å²) in [6.45, 7) is 0.405. The topological polar surface area (TPSA) is 80.2 Å². The van der Waals surface area contributed by atoms with Gasteiger partial charge in [0.2, 0.25) is 18.6 Å². The summed E-state index contributed by atoms with van der Waals surface area (Å²) in [6.07, 6.45) is 0.0241. The van der Waals surface area contributed by atoms with Gasteiger partial charge in [0.15, 0.2) is 16.7 Å². The van der Waals surface area contributed by atoms with Crippen LogP contribution in [-0.4, -0.2) is 33.9 Å². The first kappa shape index (κ1) is 22.0. The van der Waals surface area contributed by atoms with Crippen LogP contribution in [0.25, 0.3) is 0 Å². The molecule has 2 aliphatic heterocycles. The Morgan fingerprint density at radius 2 is 1.82 bits per heavy atom. The Morgan fingerprint density at radius 3 is 2.62 bits per heavy atom. The fourth-order valence-corrected chi connectivity index (χ4v) is 4.69. The van der Waals surface area contributed by atoms with Gasteiger partial charge < -0.3 is 14.8 Å². The molecule has 0 aromatic heterocycles. The molecule has 0 unspecified atom stereocenters. The van der Waals surface area contributed by atoms with Gasteiger partial charge >= 0.3 is 0 Å². The number of rotatable bonds is 5. The third kappa shape index (κ3) is 4.89. The van der Waals surface area contributed by atoms with Crippen LogP contribution in [0.2, 0.25) is 0 Å². The van der Waals surface area contributed by atoms with Crippen LogP contribution in [0.4, 0.5) is 15.8 Å². The first-order chi connectivity index (χ1) is 16.5. The number of hydrogen-bond donors (Lipinski definition) is 1. The summed E-state index contributed by atoms with van der Waals surface area (Å²) in [6, 6.07) is 20.2. The average molecular weight is 478 g/mol. The molecule has 0 radical (unpaired) electrons. The Hall–Kier alpha value is -3.85. The molecule has 0 saturated carbocycles. The first-order valence-electron chi connectivity index (χ1n) is 10.6. The molecule has 172 valence electrons. The number of para-hydroxylation sites is 1. The van der Waals surface area contributed by atoms with Gasteiger partial charge in [-0.25, -0.2) is 9.38 Å². The van der Waals surface area contributed by atoms with Gasteiger partial charge in [0, 0.05) is 12.1 Å². The number of halogens is 1. The van der Waals surface area contributed by atoms with E-state index in [1.165, 1.54) is 40.9 Å². The minimum absolute atomic E-state index is 0.0241. The number of carbonyl (C=O) groups is 2. The number of benzene rings is 3. The zero-order chi connectivity index (χ0) is 23.5. The van der Waals surface area contributed by atoms with E-state index in [0.29, 0.717) is 28.0 Å². The molecule has 7 nitrogen and oxygen atoms in total. The van der Waals surface area contributed by atoms with Crippen LogP contribution in [-0.2, 0) is 16.1 Å². The van der Waals surface area contributed by atoms with Crippen molar-refractivity contribution in [1.82, 2.24) is 4.90 Å². The Balaban J connectivity index is 1.41. The van der Waals surface area contributed by atoms with E-state index >= 15 is 0 Å². The van der Waals surface area contributed by atoms with E-state index in [1.54, 1.807) is 18.2 Å². The van der Waals surface area contributed by atoms with Crippen molar-refractivity contribution in [1.29, 1.82) is 0 Å². The number of aliphatic imine (C=N–C) groups is 1. The predicted octanol–water partition coefficient (Wildman–Crippen LogP) is 4.71. The normalized spacial score (nSPS) is 18.3. The number of ether oxygens (including phenoxy) is 2. The summed E-state index contributed by atoms with van der Waals surface area (Å²) in [5.41, 5.74) is 1.97. The van der Waals surface area contributed by atoms with Crippen molar-refractivity contribution < 1.29 is 23.5 Å². The third-order valence-corrected chi connectivity index (χ3v) is 6.49. The number of nitrogens with one attached hydrogen (secondary N) is 1. The fourth-order valence-electron chi connectivity index (χ4n) is 3.59. The Kier molecular flexibility index (Phi) is 6.18. The third-order valence-electron chi connectivity index (χ3n) is 5.30. The second-order valence-corrected chi connectivity index (χ2v) is 8.87. The summed E-state index contributed by atoms with van der Waals surface area (Å²) < 4.78 is 24.2. The summed E-state index contributed by atoms with van der Waals surface area (Å²) in [7, 11) is 0. The van der Waals surface area contributed by atoms with Gasteiger partial charge in [0.05, 0.1) is 12.2 Å². The highest BCUT2D eigenvalue weighted by Gasteiger charge is 2.36. The molecule has 1 atom stereocenters. The minimum Gasteiger partial charge on any atom is -0.454 e. The monoisotopic (exact) mass is 477 g/mol. The molecule has 34 heavy (non-hydrogen) atoms. The number of fused-ring (bicyclic) bond motifs is 1. The largest absolute Gasteiger partial charge is 0.454 e. The number of nitrogens with zero attached hydrogens (tertiary/aromatic N) is 2. The zero-order valence-electron chi connectivity index (χ0n) is 17.9. The molecular weight excluding hydrogens is 457 g/mol. The van der Waals surface area contributed by atoms with E-state index in [1.807, 2.05) is 30.3 Å². The lowest BCUT2D eigenvalue weighted by molar-refractivity contribution is -0.129. The molecule has 1 saturated heterocycles. The molecular formula is C25H20FN3O4S. The predicted molar refractivity (Wildman–Crippen MR) is 128 cm³/mol. The molecule has 2 aliphatic rings. The van der Waals surface area contributed by atoms with Crippen molar-refractivity contribution in [3.63, 3.8) is 0 Å².